The number of hydrogen-bond acceptors (Lipinski definition) is 4. The first-order chi connectivity index (χ1) is 12.4. The van der Waals surface area contributed by atoms with Crippen LogP contribution in [0.2, 0.25) is 0 Å². The van der Waals surface area contributed by atoms with Gasteiger partial charge in [0.15, 0.2) is 9.84 Å². The lowest BCUT2D eigenvalue weighted by Crippen LogP contribution is -2.26. The molecular weight excluding hydrogens is 362 g/mol. The molecule has 0 N–H and O–H groups in total. The average Bonchev–Trinajstić information content (AvgIpc) is 3.03. The Labute approximate surface area is 159 Å². The Morgan fingerprint density at radius 3 is 2.04 bits per heavy atom. The second-order valence-corrected chi connectivity index (χ2v) is 10.4. The van der Waals surface area contributed by atoms with E-state index in [1.54, 1.807) is 23.9 Å². The quantitative estimate of drug-likeness (QED) is 0.689. The van der Waals surface area contributed by atoms with Gasteiger partial charge in [-0.25, -0.2) is 13.4 Å². The van der Waals surface area contributed by atoms with E-state index in [0.717, 1.165) is 23.4 Å². The Bertz CT molecular complexity index is 954. The monoisotopic (exact) mass is 385 g/mol. The molecule has 0 amide bonds. The first-order valence-corrected chi connectivity index (χ1v) is 12.0. The van der Waals surface area contributed by atoms with Crippen LogP contribution in [0.15, 0.2) is 52.5 Å². The van der Waals surface area contributed by atoms with Gasteiger partial charge < -0.3 is 0 Å². The number of benzene rings is 1. The minimum absolute atomic E-state index is 0.380. The summed E-state index contributed by atoms with van der Waals surface area (Å²) in [5, 5.41) is 1.03. The summed E-state index contributed by atoms with van der Waals surface area (Å²) >= 11 is 1.65. The molecule has 1 aromatic carbocycles. The van der Waals surface area contributed by atoms with E-state index >= 15 is 0 Å². The number of pyridine rings is 1. The standard InChI is InChI=1S/C21H23NO2S2/c1-25-20-9-6-16(14-22-20)19-13-21(10-3-11-21)12-18(19)15-4-7-17(8-5-15)26(2,23)24/h4-9,14H,3,10-13H2,1-2H3. The van der Waals surface area contributed by atoms with Crippen LogP contribution in [0.3, 0.4) is 0 Å². The summed E-state index contributed by atoms with van der Waals surface area (Å²) in [6.45, 7) is 0. The van der Waals surface area contributed by atoms with Crippen LogP contribution < -0.4 is 0 Å². The van der Waals surface area contributed by atoms with Crippen molar-refractivity contribution in [3.63, 3.8) is 0 Å². The van der Waals surface area contributed by atoms with Gasteiger partial charge in [0, 0.05) is 12.5 Å². The number of hydrogen-bond donors (Lipinski definition) is 0. The Balaban J connectivity index is 1.75. The van der Waals surface area contributed by atoms with Gasteiger partial charge in [-0.05, 0) is 77.8 Å². The molecule has 5 heteroatoms. The van der Waals surface area contributed by atoms with E-state index in [1.807, 2.05) is 24.6 Å². The maximum atomic E-state index is 11.7. The lowest BCUT2D eigenvalue weighted by molar-refractivity contribution is 0.157. The summed E-state index contributed by atoms with van der Waals surface area (Å²) in [5.41, 5.74) is 5.51. The molecule has 1 fully saturated rings. The summed E-state index contributed by atoms with van der Waals surface area (Å²) in [6.07, 6.45) is 11.4. The van der Waals surface area contributed by atoms with Gasteiger partial charge in [0.05, 0.1) is 9.92 Å². The molecule has 0 aliphatic heterocycles. The predicted octanol–water partition coefficient (Wildman–Crippen LogP) is 5.08. The van der Waals surface area contributed by atoms with Gasteiger partial charge in [0.25, 0.3) is 0 Å². The molecule has 0 saturated heterocycles. The van der Waals surface area contributed by atoms with Gasteiger partial charge >= 0.3 is 0 Å². The number of allylic oxidation sites excluding steroid dienone is 2. The molecular formula is C21H23NO2S2. The predicted molar refractivity (Wildman–Crippen MR) is 108 cm³/mol. The van der Waals surface area contributed by atoms with Crippen LogP contribution in [-0.2, 0) is 9.84 Å². The summed E-state index contributed by atoms with van der Waals surface area (Å²) in [6, 6.07) is 11.7. The van der Waals surface area contributed by atoms with E-state index in [1.165, 1.54) is 42.2 Å². The zero-order chi connectivity index (χ0) is 18.4. The van der Waals surface area contributed by atoms with Crippen molar-refractivity contribution in [2.45, 2.75) is 42.0 Å². The summed E-state index contributed by atoms with van der Waals surface area (Å²) < 4.78 is 23.5. The minimum Gasteiger partial charge on any atom is -0.249 e. The van der Waals surface area contributed by atoms with Gasteiger partial charge in [-0.2, -0.15) is 0 Å². The molecule has 0 radical (unpaired) electrons. The Kier molecular flexibility index (Phi) is 4.48. The van der Waals surface area contributed by atoms with Crippen LogP contribution in [0.25, 0.3) is 11.1 Å². The molecule has 1 spiro atoms. The maximum absolute atomic E-state index is 11.7. The summed E-state index contributed by atoms with van der Waals surface area (Å²) in [5.74, 6) is 0. The molecule has 0 atom stereocenters. The molecule has 1 saturated carbocycles. The number of thioether (sulfide) groups is 1. The van der Waals surface area contributed by atoms with Gasteiger partial charge in [-0.15, -0.1) is 11.8 Å². The van der Waals surface area contributed by atoms with Crippen molar-refractivity contribution in [1.29, 1.82) is 0 Å². The van der Waals surface area contributed by atoms with E-state index < -0.39 is 9.84 Å². The van der Waals surface area contributed by atoms with Gasteiger partial charge in [-0.1, -0.05) is 24.6 Å². The van der Waals surface area contributed by atoms with Crippen LogP contribution >= 0.6 is 11.8 Å². The van der Waals surface area contributed by atoms with Crippen molar-refractivity contribution in [3.05, 3.63) is 53.7 Å². The topological polar surface area (TPSA) is 47.0 Å². The van der Waals surface area contributed by atoms with E-state index in [2.05, 4.69) is 17.1 Å². The summed E-state index contributed by atoms with van der Waals surface area (Å²) in [7, 11) is -3.16. The van der Waals surface area contributed by atoms with E-state index in [9.17, 15) is 8.42 Å². The van der Waals surface area contributed by atoms with E-state index in [0.29, 0.717) is 10.3 Å². The molecule has 4 rings (SSSR count). The smallest absolute Gasteiger partial charge is 0.175 e. The normalized spacial score (nSPS) is 19.0. The van der Waals surface area contributed by atoms with Crippen molar-refractivity contribution >= 4 is 32.7 Å². The average molecular weight is 386 g/mol. The highest BCUT2D eigenvalue weighted by Crippen LogP contribution is 2.59. The highest BCUT2D eigenvalue weighted by atomic mass is 32.2. The fraction of sp³-hybridized carbons (Fsp3) is 0.381. The second kappa shape index (κ2) is 6.54. The number of aromatic nitrogens is 1. The molecule has 26 heavy (non-hydrogen) atoms. The molecule has 2 aromatic rings. The number of rotatable bonds is 4. The maximum Gasteiger partial charge on any atom is 0.175 e. The van der Waals surface area contributed by atoms with Crippen LogP contribution in [0.1, 0.15) is 43.2 Å². The van der Waals surface area contributed by atoms with Crippen molar-refractivity contribution < 1.29 is 8.42 Å². The van der Waals surface area contributed by atoms with Gasteiger partial charge in [0.2, 0.25) is 0 Å². The minimum atomic E-state index is -3.16. The molecule has 2 aliphatic carbocycles. The van der Waals surface area contributed by atoms with Crippen molar-refractivity contribution in [2.75, 3.05) is 12.5 Å². The Morgan fingerprint density at radius 1 is 0.962 bits per heavy atom. The van der Waals surface area contributed by atoms with E-state index in [4.69, 9.17) is 0 Å². The lowest BCUT2D eigenvalue weighted by atomic mass is 9.66. The van der Waals surface area contributed by atoms with Crippen LogP contribution in [0, 0.1) is 5.41 Å². The molecule has 1 heterocycles. The SMILES string of the molecule is CSc1ccc(C2=C(c3ccc(S(C)(=O)=O)cc3)CC3(CCC3)C2)cn1. The highest BCUT2D eigenvalue weighted by Gasteiger charge is 2.43. The molecule has 1 aromatic heterocycles. The molecule has 0 unspecified atom stereocenters. The van der Waals surface area contributed by atoms with Crippen LogP contribution in [0.4, 0.5) is 0 Å². The molecule has 0 bridgehead atoms. The fourth-order valence-corrected chi connectivity index (χ4v) is 5.18. The third-order valence-electron chi connectivity index (χ3n) is 5.81. The first-order valence-electron chi connectivity index (χ1n) is 8.93. The van der Waals surface area contributed by atoms with Crippen molar-refractivity contribution in [3.8, 4) is 0 Å². The molecule has 3 nitrogen and oxygen atoms in total. The van der Waals surface area contributed by atoms with E-state index in [-0.39, 0.29) is 0 Å². The molecule has 2 aliphatic rings. The number of nitrogens with zero attached hydrogens (tertiary/aromatic N) is 1. The number of sulfone groups is 1. The van der Waals surface area contributed by atoms with Gasteiger partial charge in [-0.3, -0.25) is 0 Å². The zero-order valence-electron chi connectivity index (χ0n) is 15.2. The second-order valence-electron chi connectivity index (χ2n) is 7.55. The lowest BCUT2D eigenvalue weighted by Gasteiger charge is -2.39. The zero-order valence-corrected chi connectivity index (χ0v) is 16.8. The Morgan fingerprint density at radius 2 is 1.58 bits per heavy atom. The van der Waals surface area contributed by atoms with Crippen molar-refractivity contribution in [2.24, 2.45) is 5.41 Å². The third kappa shape index (κ3) is 3.23. The van der Waals surface area contributed by atoms with Crippen LogP contribution in [0.5, 0.6) is 0 Å². The molecule has 136 valence electrons. The fourth-order valence-electron chi connectivity index (χ4n) is 4.19. The van der Waals surface area contributed by atoms with Crippen LogP contribution in [-0.4, -0.2) is 25.9 Å². The highest BCUT2D eigenvalue weighted by molar-refractivity contribution is 7.98. The third-order valence-corrected chi connectivity index (χ3v) is 7.60. The largest absolute Gasteiger partial charge is 0.249 e. The van der Waals surface area contributed by atoms with Gasteiger partial charge in [0.1, 0.15) is 0 Å². The first kappa shape index (κ1) is 17.8. The van der Waals surface area contributed by atoms with Crippen molar-refractivity contribution in [1.82, 2.24) is 4.98 Å². The Hall–Kier alpha value is -1.59. The summed E-state index contributed by atoms with van der Waals surface area (Å²) in [4.78, 5) is 4.94.